The van der Waals surface area contributed by atoms with Crippen LogP contribution in [0.1, 0.15) is 54.0 Å². The minimum absolute atomic E-state index is 0.118. The zero-order valence-electron chi connectivity index (χ0n) is 33.2. The molecule has 8 aromatic carbocycles. The molecule has 0 saturated carbocycles. The van der Waals surface area contributed by atoms with E-state index < -0.39 is 0 Å². The fraction of sp³-hybridized carbons (Fsp3) is 0.0926. The lowest BCUT2D eigenvalue weighted by Gasteiger charge is -2.41. The zero-order valence-corrected chi connectivity index (χ0v) is 33.2. The second-order valence-electron chi connectivity index (χ2n) is 16.4. The van der Waals surface area contributed by atoms with Gasteiger partial charge in [0, 0.05) is 49.8 Å². The average Bonchev–Trinajstić information content (AvgIpc) is 3.87. The fourth-order valence-electron chi connectivity index (χ4n) is 9.57. The van der Waals surface area contributed by atoms with Crippen molar-refractivity contribution in [1.29, 1.82) is 0 Å². The lowest BCUT2D eigenvalue weighted by Crippen LogP contribution is -2.45. The van der Waals surface area contributed by atoms with Gasteiger partial charge in [0.15, 0.2) is 0 Å². The molecular weight excluding hydrogens is 737 g/mol. The van der Waals surface area contributed by atoms with Crippen LogP contribution < -0.4 is 15.5 Å². The van der Waals surface area contributed by atoms with E-state index in [0.717, 1.165) is 83.2 Å². The van der Waals surface area contributed by atoms with E-state index in [9.17, 15) is 0 Å². The minimum atomic E-state index is -0.234. The molecule has 0 amide bonds. The van der Waals surface area contributed by atoms with E-state index in [1.807, 2.05) is 12.1 Å². The average molecular weight is 777 g/mol. The lowest BCUT2D eigenvalue weighted by atomic mass is 9.73. The molecule has 2 N–H and O–H groups in total. The molecule has 2 aliphatic rings. The Morgan fingerprint density at radius 2 is 1.15 bits per heavy atom. The smallest absolute Gasteiger partial charge is 0.137 e. The molecule has 6 heteroatoms. The van der Waals surface area contributed by atoms with E-state index in [2.05, 4.69) is 199 Å². The summed E-state index contributed by atoms with van der Waals surface area (Å²) in [6, 6.07) is 64.2. The molecule has 288 valence electrons. The Hall–Kier alpha value is -7.41. The summed E-state index contributed by atoms with van der Waals surface area (Å²) in [6.45, 7) is 4.63. The molecule has 2 aromatic heterocycles. The summed E-state index contributed by atoms with van der Waals surface area (Å²) in [6.07, 6.45) is -0.465. The molecule has 12 rings (SSSR count). The topological polar surface area (TPSA) is 65.9 Å². The Balaban J connectivity index is 0.932. The Morgan fingerprint density at radius 3 is 1.92 bits per heavy atom. The predicted octanol–water partition coefficient (Wildman–Crippen LogP) is 13.6. The predicted molar refractivity (Wildman–Crippen MR) is 244 cm³/mol. The number of rotatable bonds is 5. The summed E-state index contributed by atoms with van der Waals surface area (Å²) in [5, 5.41) is 11.8. The molecule has 10 aromatic rings. The van der Waals surface area contributed by atoms with Crippen molar-refractivity contribution in [2.75, 3.05) is 4.90 Å². The van der Waals surface area contributed by atoms with Crippen molar-refractivity contribution in [2.45, 2.75) is 31.6 Å². The SMILES string of the molecule is CC1(C)c2ccccc2N(c2ccc3c(c2)oc2cc(-c4ccc5oc6cccc(C7NC(c8ccccc8)=NC(c8ccccc8)N7)c6c5c4)ccc23)c2ccccc21. The van der Waals surface area contributed by atoms with Crippen molar-refractivity contribution in [3.05, 3.63) is 210 Å². The molecule has 0 aliphatic carbocycles. The summed E-state index contributed by atoms with van der Waals surface area (Å²) in [4.78, 5) is 7.51. The van der Waals surface area contributed by atoms with Gasteiger partial charge in [-0.05, 0) is 82.4 Å². The van der Waals surface area contributed by atoms with E-state index in [-0.39, 0.29) is 17.7 Å². The van der Waals surface area contributed by atoms with Crippen LogP contribution in [0.5, 0.6) is 0 Å². The first-order valence-electron chi connectivity index (χ1n) is 20.6. The largest absolute Gasteiger partial charge is 0.456 e. The first-order valence-corrected chi connectivity index (χ1v) is 20.6. The fourth-order valence-corrected chi connectivity index (χ4v) is 9.57. The zero-order chi connectivity index (χ0) is 40.0. The number of fused-ring (bicyclic) bond motifs is 8. The van der Waals surface area contributed by atoms with Crippen LogP contribution in [-0.4, -0.2) is 5.84 Å². The number of amidine groups is 1. The van der Waals surface area contributed by atoms with Gasteiger partial charge in [0.25, 0.3) is 0 Å². The Labute approximate surface area is 347 Å². The lowest BCUT2D eigenvalue weighted by molar-refractivity contribution is 0.411. The monoisotopic (exact) mass is 776 g/mol. The van der Waals surface area contributed by atoms with E-state index in [1.165, 1.54) is 22.5 Å². The quantitative estimate of drug-likeness (QED) is 0.182. The van der Waals surface area contributed by atoms with Crippen molar-refractivity contribution in [3.63, 3.8) is 0 Å². The van der Waals surface area contributed by atoms with Crippen LogP contribution in [0.25, 0.3) is 55.0 Å². The van der Waals surface area contributed by atoms with Crippen molar-refractivity contribution in [1.82, 2.24) is 10.6 Å². The van der Waals surface area contributed by atoms with Crippen LogP contribution in [0.15, 0.2) is 196 Å². The molecule has 0 saturated heterocycles. The van der Waals surface area contributed by atoms with E-state index in [4.69, 9.17) is 13.8 Å². The van der Waals surface area contributed by atoms with Gasteiger partial charge in [0.1, 0.15) is 40.5 Å². The van der Waals surface area contributed by atoms with Gasteiger partial charge in [0.2, 0.25) is 0 Å². The van der Waals surface area contributed by atoms with E-state index >= 15 is 0 Å². The maximum atomic E-state index is 6.72. The highest BCUT2D eigenvalue weighted by atomic mass is 16.3. The van der Waals surface area contributed by atoms with Gasteiger partial charge in [-0.3, -0.25) is 5.32 Å². The number of nitrogens with zero attached hydrogens (tertiary/aromatic N) is 2. The molecule has 4 heterocycles. The Kier molecular flexibility index (Phi) is 7.68. The molecule has 60 heavy (non-hydrogen) atoms. The van der Waals surface area contributed by atoms with Gasteiger partial charge in [0.05, 0.1) is 11.4 Å². The molecule has 0 bridgehead atoms. The van der Waals surface area contributed by atoms with Gasteiger partial charge < -0.3 is 19.1 Å². The number of hydrogen-bond acceptors (Lipinski definition) is 6. The summed E-state index contributed by atoms with van der Waals surface area (Å²) in [7, 11) is 0. The number of furan rings is 2. The van der Waals surface area contributed by atoms with Crippen LogP contribution in [0.2, 0.25) is 0 Å². The molecule has 0 fully saturated rings. The molecular formula is C54H40N4O2. The highest BCUT2D eigenvalue weighted by molar-refractivity contribution is 6.10. The van der Waals surface area contributed by atoms with Crippen molar-refractivity contribution >= 4 is 66.8 Å². The van der Waals surface area contributed by atoms with Gasteiger partial charge >= 0.3 is 0 Å². The van der Waals surface area contributed by atoms with Gasteiger partial charge in [-0.1, -0.05) is 135 Å². The maximum Gasteiger partial charge on any atom is 0.137 e. The molecule has 0 radical (unpaired) electrons. The van der Waals surface area contributed by atoms with Crippen LogP contribution in [-0.2, 0) is 5.41 Å². The summed E-state index contributed by atoms with van der Waals surface area (Å²) in [5.41, 5.74) is 14.8. The highest BCUT2D eigenvalue weighted by Gasteiger charge is 2.36. The molecule has 0 spiro atoms. The van der Waals surface area contributed by atoms with Crippen LogP contribution in [0, 0.1) is 0 Å². The van der Waals surface area contributed by atoms with Gasteiger partial charge in [-0.25, -0.2) is 4.99 Å². The molecule has 2 aliphatic heterocycles. The van der Waals surface area contributed by atoms with Crippen molar-refractivity contribution in [2.24, 2.45) is 4.99 Å². The standard InChI is InChI=1S/C54H40N4O2/c1-54(2)42-19-9-11-21-44(42)58(45-22-12-10-20-43(45)54)37-26-28-39-38-27-24-36(31-48(38)60-49(39)32-37)35-25-29-46-41(30-35)50-40(18-13-23-47(50)59-46)53-56-51(33-14-5-3-6-15-33)55-52(57-53)34-16-7-4-8-17-34/h3-32,51,53,56H,1-2H3,(H,55,57). The normalized spacial score (nSPS) is 17.1. The van der Waals surface area contributed by atoms with E-state index in [1.54, 1.807) is 0 Å². The summed E-state index contributed by atoms with van der Waals surface area (Å²) >= 11 is 0. The number of benzene rings is 8. The first-order chi connectivity index (χ1) is 29.5. The first kappa shape index (κ1) is 34.6. The number of hydrogen-bond donors (Lipinski definition) is 2. The van der Waals surface area contributed by atoms with Crippen LogP contribution in [0.3, 0.4) is 0 Å². The van der Waals surface area contributed by atoms with E-state index in [0.29, 0.717) is 0 Å². The number of nitrogens with one attached hydrogen (secondary N) is 2. The Morgan fingerprint density at radius 1 is 0.517 bits per heavy atom. The van der Waals surface area contributed by atoms with Gasteiger partial charge in [-0.15, -0.1) is 0 Å². The second-order valence-corrected chi connectivity index (χ2v) is 16.4. The van der Waals surface area contributed by atoms with Crippen LogP contribution >= 0.6 is 0 Å². The molecule has 2 unspecified atom stereocenters. The van der Waals surface area contributed by atoms with Crippen molar-refractivity contribution in [3.8, 4) is 11.1 Å². The van der Waals surface area contributed by atoms with Gasteiger partial charge in [-0.2, -0.15) is 0 Å². The number of anilines is 3. The number of aliphatic imine (C=N–C) groups is 1. The Bertz CT molecular complexity index is 3280. The van der Waals surface area contributed by atoms with Crippen LogP contribution in [0.4, 0.5) is 17.1 Å². The third kappa shape index (κ3) is 5.41. The molecule has 6 nitrogen and oxygen atoms in total. The summed E-state index contributed by atoms with van der Waals surface area (Å²) < 4.78 is 13.2. The molecule has 2 atom stereocenters. The maximum absolute atomic E-state index is 6.72. The third-order valence-corrected chi connectivity index (χ3v) is 12.5. The highest BCUT2D eigenvalue weighted by Crippen LogP contribution is 2.52. The van der Waals surface area contributed by atoms with Crippen molar-refractivity contribution < 1.29 is 8.83 Å². The minimum Gasteiger partial charge on any atom is -0.456 e. The third-order valence-electron chi connectivity index (χ3n) is 12.5. The second kappa shape index (κ2) is 13.3. The number of para-hydroxylation sites is 2. The summed E-state index contributed by atoms with van der Waals surface area (Å²) in [5.74, 6) is 0.847.